The number of nitrogen functional groups attached to an aromatic ring is 1. The summed E-state index contributed by atoms with van der Waals surface area (Å²) in [7, 11) is 1.52. The third-order valence-corrected chi connectivity index (χ3v) is 7.25. The minimum Gasteiger partial charge on any atom is -0.491 e. The number of nitrogens with two attached hydrogens (primary N) is 1. The van der Waals surface area contributed by atoms with Crippen molar-refractivity contribution in [2.75, 3.05) is 25.9 Å². The summed E-state index contributed by atoms with van der Waals surface area (Å²) >= 11 is 0. The van der Waals surface area contributed by atoms with E-state index in [1.54, 1.807) is 12.4 Å². The number of carbonyl (C=O) groups excluding carboxylic acids is 1. The molecule has 0 saturated carbocycles. The van der Waals surface area contributed by atoms with Gasteiger partial charge in [0.15, 0.2) is 17.2 Å². The average molecular weight is 508 g/mol. The van der Waals surface area contributed by atoms with Crippen molar-refractivity contribution in [3.63, 3.8) is 0 Å². The first-order chi connectivity index (χ1) is 18.5. The minimum absolute atomic E-state index is 0.105. The number of ketones is 1. The number of aromatic nitrogens is 4. The molecule has 1 saturated heterocycles. The fraction of sp³-hybridized carbons (Fsp3) is 0.241. The Morgan fingerprint density at radius 2 is 1.82 bits per heavy atom. The third kappa shape index (κ3) is 4.20. The van der Waals surface area contributed by atoms with E-state index in [2.05, 4.69) is 51.0 Å². The molecule has 1 aromatic carbocycles. The van der Waals surface area contributed by atoms with Gasteiger partial charge in [-0.1, -0.05) is 18.7 Å². The number of likely N-dealkylation sites (tertiary alicyclic amines) is 1. The Kier molecular flexibility index (Phi) is 6.13. The van der Waals surface area contributed by atoms with E-state index in [0.717, 1.165) is 60.6 Å². The van der Waals surface area contributed by atoms with E-state index >= 15 is 0 Å². The van der Waals surface area contributed by atoms with Gasteiger partial charge in [-0.25, -0.2) is 15.0 Å². The zero-order chi connectivity index (χ0) is 26.2. The van der Waals surface area contributed by atoms with Crippen LogP contribution in [0.3, 0.4) is 0 Å². The van der Waals surface area contributed by atoms with Gasteiger partial charge in [0.2, 0.25) is 5.78 Å². The molecule has 0 spiro atoms. The summed E-state index contributed by atoms with van der Waals surface area (Å²) in [4.78, 5) is 27.9. The molecular weight excluding hydrogens is 478 g/mol. The minimum atomic E-state index is -0.105. The number of carbonyl (C=O) groups is 1. The molecule has 0 unspecified atom stereocenters. The molecule has 4 aromatic rings. The Bertz CT molecular complexity index is 1560. The number of imidazole rings is 1. The van der Waals surface area contributed by atoms with E-state index in [1.165, 1.54) is 12.7 Å². The van der Waals surface area contributed by atoms with Crippen molar-refractivity contribution in [1.82, 2.24) is 29.7 Å². The van der Waals surface area contributed by atoms with Crippen LogP contribution >= 0.6 is 0 Å². The Labute approximate surface area is 220 Å². The maximum Gasteiger partial charge on any atom is 0.231 e. The van der Waals surface area contributed by atoms with Crippen molar-refractivity contribution in [1.29, 1.82) is 0 Å². The van der Waals surface area contributed by atoms with Crippen molar-refractivity contribution in [3.05, 3.63) is 90.1 Å². The molecule has 0 atom stereocenters. The first kappa shape index (κ1) is 23.9. The second kappa shape index (κ2) is 9.75. The Morgan fingerprint density at radius 1 is 1.08 bits per heavy atom. The summed E-state index contributed by atoms with van der Waals surface area (Å²) in [6, 6.07) is 16.5. The number of piperidine rings is 1. The number of fused-ring (bicyclic) bond motifs is 1. The maximum atomic E-state index is 11.8. The number of hydrogen-bond donors (Lipinski definition) is 2. The maximum absolute atomic E-state index is 11.8. The number of Topliss-reactive ketones (excluding diaryl/α,β-unsaturated/α-hetero) is 1. The number of pyridine rings is 2. The second-order valence-electron chi connectivity index (χ2n) is 9.63. The molecule has 0 bridgehead atoms. The van der Waals surface area contributed by atoms with Gasteiger partial charge in [-0.15, -0.1) is 0 Å². The van der Waals surface area contributed by atoms with Crippen LogP contribution in [-0.2, 0) is 16.1 Å². The number of nitrogens with one attached hydrogen (secondary N) is 1. The van der Waals surface area contributed by atoms with E-state index in [-0.39, 0.29) is 5.78 Å². The van der Waals surface area contributed by atoms with Crippen molar-refractivity contribution in [2.45, 2.75) is 25.4 Å². The lowest BCUT2D eigenvalue weighted by molar-refractivity contribution is -0.116. The SMILES string of the molecule is C=C1C(=O)C(OC)=C1NC1CCN(Cc2ccc(-n3c(-c4cccnc4N)nc4cccnc43)cc2)CC1. The molecular formula is C29H29N7O2. The van der Waals surface area contributed by atoms with Gasteiger partial charge in [-0.3, -0.25) is 14.3 Å². The first-order valence-electron chi connectivity index (χ1n) is 12.7. The van der Waals surface area contributed by atoms with E-state index in [1.807, 2.05) is 28.8 Å². The molecule has 1 aliphatic carbocycles. The van der Waals surface area contributed by atoms with Crippen LogP contribution in [0.1, 0.15) is 18.4 Å². The van der Waals surface area contributed by atoms with Crippen LogP contribution in [0.4, 0.5) is 5.82 Å². The lowest BCUT2D eigenvalue weighted by atomic mass is 9.93. The highest BCUT2D eigenvalue weighted by Crippen LogP contribution is 2.31. The molecule has 9 heteroatoms. The van der Waals surface area contributed by atoms with E-state index in [0.29, 0.717) is 29.0 Å². The molecule has 0 amide bonds. The largest absolute Gasteiger partial charge is 0.491 e. The van der Waals surface area contributed by atoms with Gasteiger partial charge in [0.25, 0.3) is 0 Å². The molecule has 2 aliphatic rings. The summed E-state index contributed by atoms with van der Waals surface area (Å²) < 4.78 is 7.23. The van der Waals surface area contributed by atoms with Crippen LogP contribution in [0.15, 0.2) is 84.5 Å². The quantitative estimate of drug-likeness (QED) is 0.365. The lowest BCUT2D eigenvalue weighted by Gasteiger charge is -2.35. The summed E-state index contributed by atoms with van der Waals surface area (Å²) in [5, 5.41) is 3.46. The van der Waals surface area contributed by atoms with Crippen molar-refractivity contribution >= 4 is 22.8 Å². The van der Waals surface area contributed by atoms with Crippen LogP contribution in [0.25, 0.3) is 28.2 Å². The number of benzene rings is 1. The van der Waals surface area contributed by atoms with E-state index < -0.39 is 0 Å². The number of anilines is 1. The van der Waals surface area contributed by atoms with Gasteiger partial charge >= 0.3 is 0 Å². The molecule has 6 rings (SSSR count). The second-order valence-corrected chi connectivity index (χ2v) is 9.63. The highest BCUT2D eigenvalue weighted by Gasteiger charge is 2.35. The summed E-state index contributed by atoms with van der Waals surface area (Å²) in [5.41, 5.74) is 12.0. The Balaban J connectivity index is 1.16. The monoisotopic (exact) mass is 507 g/mol. The van der Waals surface area contributed by atoms with Crippen LogP contribution in [0.2, 0.25) is 0 Å². The van der Waals surface area contributed by atoms with Crippen LogP contribution in [0.5, 0.6) is 0 Å². The number of rotatable bonds is 7. The van der Waals surface area contributed by atoms with Crippen LogP contribution in [0, 0.1) is 0 Å². The predicted molar refractivity (Wildman–Crippen MR) is 146 cm³/mol. The molecule has 4 heterocycles. The molecule has 1 fully saturated rings. The molecule has 0 radical (unpaired) electrons. The zero-order valence-corrected chi connectivity index (χ0v) is 21.2. The van der Waals surface area contributed by atoms with Gasteiger partial charge < -0.3 is 15.8 Å². The number of hydrogen-bond acceptors (Lipinski definition) is 8. The average Bonchev–Trinajstić information content (AvgIpc) is 3.33. The lowest BCUT2D eigenvalue weighted by Crippen LogP contribution is -2.44. The van der Waals surface area contributed by atoms with Gasteiger partial charge in [-0.05, 0) is 54.8 Å². The molecule has 1 aliphatic heterocycles. The van der Waals surface area contributed by atoms with Gasteiger partial charge in [0, 0.05) is 49.3 Å². The fourth-order valence-corrected chi connectivity index (χ4v) is 5.18. The number of methoxy groups -OCH3 is 1. The molecule has 192 valence electrons. The van der Waals surface area contributed by atoms with Crippen LogP contribution in [-0.4, -0.2) is 56.4 Å². The third-order valence-electron chi connectivity index (χ3n) is 7.25. The Hall–Kier alpha value is -4.50. The number of allylic oxidation sites excluding steroid dienone is 2. The number of nitrogens with zero attached hydrogens (tertiary/aromatic N) is 5. The molecule has 38 heavy (non-hydrogen) atoms. The first-order valence-corrected chi connectivity index (χ1v) is 12.7. The normalized spacial score (nSPS) is 16.7. The highest BCUT2D eigenvalue weighted by atomic mass is 16.5. The molecule has 9 nitrogen and oxygen atoms in total. The van der Waals surface area contributed by atoms with Crippen LogP contribution < -0.4 is 11.1 Å². The zero-order valence-electron chi connectivity index (χ0n) is 21.2. The molecule has 3 aromatic heterocycles. The summed E-state index contributed by atoms with van der Waals surface area (Å²) in [6.07, 6.45) is 5.43. The summed E-state index contributed by atoms with van der Waals surface area (Å²) in [5.74, 6) is 1.44. The van der Waals surface area contributed by atoms with Gasteiger partial charge in [0.1, 0.15) is 11.3 Å². The molecule has 3 N–H and O–H groups in total. The van der Waals surface area contributed by atoms with E-state index in [9.17, 15) is 4.79 Å². The fourth-order valence-electron chi connectivity index (χ4n) is 5.18. The van der Waals surface area contributed by atoms with Crippen molar-refractivity contribution in [2.24, 2.45) is 0 Å². The van der Waals surface area contributed by atoms with Gasteiger partial charge in [0.05, 0.1) is 18.4 Å². The number of ether oxygens (including phenoxy) is 1. The van der Waals surface area contributed by atoms with Crippen molar-refractivity contribution < 1.29 is 9.53 Å². The van der Waals surface area contributed by atoms with Crippen molar-refractivity contribution in [3.8, 4) is 17.1 Å². The van der Waals surface area contributed by atoms with Gasteiger partial charge in [-0.2, -0.15) is 0 Å². The highest BCUT2D eigenvalue weighted by molar-refractivity contribution is 6.17. The van der Waals surface area contributed by atoms with E-state index in [4.69, 9.17) is 15.5 Å². The topological polar surface area (TPSA) is 111 Å². The summed E-state index contributed by atoms with van der Waals surface area (Å²) in [6.45, 7) is 6.65. The predicted octanol–water partition coefficient (Wildman–Crippen LogP) is 3.62. The smallest absolute Gasteiger partial charge is 0.231 e. The standard InChI is InChI=1S/C29H29N7O2/c1-18-24(26(38-2)25(18)37)33-20-11-15-35(16-12-20)17-19-7-9-21(10-8-19)36-28(22-5-3-13-31-27(22)30)34-23-6-4-14-32-29(23)36/h3-10,13-14,20,33H,1,11-12,15-17H2,2H3,(H2,30,31). The Morgan fingerprint density at radius 3 is 2.55 bits per heavy atom.